The number of carbonyl (C=O) groups is 1. The summed E-state index contributed by atoms with van der Waals surface area (Å²) in [5, 5.41) is 11.0. The number of benzene rings is 2. The molecule has 8 nitrogen and oxygen atoms in total. The number of ketones is 1. The van der Waals surface area contributed by atoms with E-state index < -0.39 is 4.92 Å². The number of nitro benzene ring substituents is 1. The molecule has 9 heteroatoms. The number of nitrogens with zero attached hydrogens (tertiary/aromatic N) is 4. The lowest BCUT2D eigenvalue weighted by atomic mass is 10.1. The average Bonchev–Trinajstić information content (AvgIpc) is 3.03. The van der Waals surface area contributed by atoms with E-state index in [2.05, 4.69) is 4.99 Å². The number of aromatic nitrogens is 1. The molecule has 2 heterocycles. The number of anilines is 1. The Balaban J connectivity index is 1.69. The predicted octanol–water partition coefficient (Wildman–Crippen LogP) is 1.90. The molecule has 1 aromatic heterocycles. The first-order valence-electron chi connectivity index (χ1n) is 8.78. The number of fused-ring (bicyclic) bond motifs is 1. The van der Waals surface area contributed by atoms with Crippen LogP contribution in [0, 0.1) is 10.1 Å². The average molecular weight is 408 g/mol. The zero-order valence-corrected chi connectivity index (χ0v) is 16.3. The van der Waals surface area contributed by atoms with Crippen LogP contribution in [0.15, 0.2) is 58.3 Å². The van der Waals surface area contributed by atoms with Crippen LogP contribution >= 0.6 is 11.3 Å². The van der Waals surface area contributed by atoms with E-state index in [9.17, 15) is 19.7 Å². The van der Waals surface area contributed by atoms with Crippen molar-refractivity contribution in [1.29, 1.82) is 0 Å². The third kappa shape index (κ3) is 3.72. The largest absolute Gasteiger partial charge is 0.334 e. The highest BCUT2D eigenvalue weighted by molar-refractivity contribution is 7.07. The monoisotopic (exact) mass is 408 g/mol. The fourth-order valence-corrected chi connectivity index (χ4v) is 4.04. The van der Waals surface area contributed by atoms with Gasteiger partial charge in [0.15, 0.2) is 10.6 Å². The van der Waals surface area contributed by atoms with Gasteiger partial charge in [-0.05, 0) is 30.7 Å². The third-order valence-electron chi connectivity index (χ3n) is 4.57. The molecule has 0 fully saturated rings. The summed E-state index contributed by atoms with van der Waals surface area (Å²) in [6.45, 7) is 2.20. The van der Waals surface area contributed by atoms with Crippen LogP contribution in [-0.4, -0.2) is 21.9 Å². The van der Waals surface area contributed by atoms with E-state index in [1.807, 2.05) is 11.0 Å². The van der Waals surface area contributed by atoms with Gasteiger partial charge in [-0.3, -0.25) is 24.3 Å². The summed E-state index contributed by atoms with van der Waals surface area (Å²) < 4.78 is 2.03. The van der Waals surface area contributed by atoms with Gasteiger partial charge in [0.05, 0.1) is 9.46 Å². The summed E-state index contributed by atoms with van der Waals surface area (Å²) in [5.74, 6) is -0.0250. The number of hydrogen-bond acceptors (Lipinski definition) is 7. The normalized spacial score (nSPS) is 13.7. The van der Waals surface area contributed by atoms with Crippen molar-refractivity contribution in [3.05, 3.63) is 89.5 Å². The number of carbonyl (C=O) groups excluding carboxylic acids is 1. The molecule has 0 radical (unpaired) electrons. The molecule has 0 saturated carbocycles. The molecule has 2 aromatic carbocycles. The third-order valence-corrected chi connectivity index (χ3v) is 5.62. The van der Waals surface area contributed by atoms with Crippen molar-refractivity contribution in [3.63, 3.8) is 0 Å². The zero-order valence-electron chi connectivity index (χ0n) is 15.4. The molecule has 0 saturated heterocycles. The van der Waals surface area contributed by atoms with Gasteiger partial charge in [0.1, 0.15) is 13.3 Å². The van der Waals surface area contributed by atoms with Crippen LogP contribution in [0.2, 0.25) is 0 Å². The highest BCUT2D eigenvalue weighted by atomic mass is 32.1. The molecule has 1 aliphatic rings. The smallest absolute Gasteiger partial charge is 0.271 e. The summed E-state index contributed by atoms with van der Waals surface area (Å²) in [5.41, 5.74) is 1.77. The van der Waals surface area contributed by atoms with Crippen molar-refractivity contribution >= 4 is 34.6 Å². The van der Waals surface area contributed by atoms with Crippen molar-refractivity contribution in [2.45, 2.75) is 13.6 Å². The van der Waals surface area contributed by atoms with Gasteiger partial charge >= 0.3 is 0 Å². The molecule has 29 heavy (non-hydrogen) atoms. The SMILES string of the molecule is CC(=O)c1cccc(N2CN=c3sc(=Cc4cccc([N+](=O)[O-])c4)c(=O)n3C2)c1. The van der Waals surface area contributed by atoms with Gasteiger partial charge < -0.3 is 4.90 Å². The van der Waals surface area contributed by atoms with Gasteiger partial charge in [-0.2, -0.15) is 0 Å². The molecule has 0 aliphatic carbocycles. The first-order valence-corrected chi connectivity index (χ1v) is 9.60. The van der Waals surface area contributed by atoms with E-state index in [-0.39, 0.29) is 17.0 Å². The van der Waals surface area contributed by atoms with Crippen LogP contribution in [0.4, 0.5) is 11.4 Å². The van der Waals surface area contributed by atoms with Crippen molar-refractivity contribution < 1.29 is 9.72 Å². The van der Waals surface area contributed by atoms with Crippen molar-refractivity contribution in [1.82, 2.24) is 4.57 Å². The Hall–Kier alpha value is -3.59. The molecule has 1 aliphatic heterocycles. The molecule has 3 aromatic rings. The summed E-state index contributed by atoms with van der Waals surface area (Å²) in [6, 6.07) is 13.4. The lowest BCUT2D eigenvalue weighted by molar-refractivity contribution is -0.384. The maximum absolute atomic E-state index is 12.9. The number of hydrogen-bond donors (Lipinski definition) is 0. The van der Waals surface area contributed by atoms with E-state index in [1.54, 1.807) is 41.0 Å². The van der Waals surface area contributed by atoms with E-state index in [1.165, 1.54) is 30.4 Å². The summed E-state index contributed by atoms with van der Waals surface area (Å²) in [6.07, 6.45) is 1.64. The second-order valence-corrected chi connectivity index (χ2v) is 7.57. The van der Waals surface area contributed by atoms with Gasteiger partial charge in [0, 0.05) is 23.4 Å². The van der Waals surface area contributed by atoms with E-state index in [0.29, 0.717) is 33.8 Å². The second kappa shape index (κ2) is 7.44. The number of nitro groups is 1. The molecular weight excluding hydrogens is 392 g/mol. The van der Waals surface area contributed by atoms with Crippen LogP contribution in [0.5, 0.6) is 0 Å². The first kappa shape index (κ1) is 18.8. The Kier molecular flexibility index (Phi) is 4.81. The Bertz CT molecular complexity index is 1310. The van der Waals surface area contributed by atoms with E-state index >= 15 is 0 Å². The Labute approximate surface area is 168 Å². The van der Waals surface area contributed by atoms with Crippen molar-refractivity contribution in [2.24, 2.45) is 4.99 Å². The van der Waals surface area contributed by atoms with Crippen LogP contribution in [0.25, 0.3) is 6.08 Å². The summed E-state index contributed by atoms with van der Waals surface area (Å²) in [4.78, 5) is 42.0. The minimum atomic E-state index is -0.466. The van der Waals surface area contributed by atoms with Crippen LogP contribution in [0.3, 0.4) is 0 Å². The number of thiazole rings is 1. The lowest BCUT2D eigenvalue weighted by Crippen LogP contribution is -2.42. The Morgan fingerprint density at radius 1 is 1.24 bits per heavy atom. The zero-order chi connectivity index (χ0) is 20.5. The molecule has 0 unspecified atom stereocenters. The fourth-order valence-electron chi connectivity index (χ4n) is 3.08. The summed E-state index contributed by atoms with van der Waals surface area (Å²) >= 11 is 1.25. The predicted molar refractivity (Wildman–Crippen MR) is 110 cm³/mol. The maximum Gasteiger partial charge on any atom is 0.271 e. The standard InChI is InChI=1S/C20H16N4O4S/c1-13(25)15-5-3-6-16(10-15)22-11-21-20-23(12-22)19(26)18(29-20)9-14-4-2-7-17(8-14)24(27)28/h2-10H,11-12H2,1H3. The summed E-state index contributed by atoms with van der Waals surface area (Å²) in [7, 11) is 0. The van der Waals surface area contributed by atoms with Gasteiger partial charge in [0.2, 0.25) is 0 Å². The molecular formula is C20H16N4O4S. The molecule has 4 rings (SSSR count). The number of non-ortho nitro benzene ring substituents is 1. The Morgan fingerprint density at radius 2 is 2.03 bits per heavy atom. The van der Waals surface area contributed by atoms with Gasteiger partial charge in [0.25, 0.3) is 11.2 Å². The van der Waals surface area contributed by atoms with Crippen molar-refractivity contribution in [2.75, 3.05) is 11.6 Å². The molecule has 146 valence electrons. The highest BCUT2D eigenvalue weighted by Crippen LogP contribution is 2.18. The molecule has 0 N–H and O–H groups in total. The van der Waals surface area contributed by atoms with Crippen LogP contribution in [0.1, 0.15) is 22.8 Å². The van der Waals surface area contributed by atoms with Crippen LogP contribution < -0.4 is 19.8 Å². The van der Waals surface area contributed by atoms with Gasteiger partial charge in [-0.1, -0.05) is 35.6 Å². The van der Waals surface area contributed by atoms with Crippen molar-refractivity contribution in [3.8, 4) is 0 Å². The Morgan fingerprint density at radius 3 is 2.79 bits per heavy atom. The molecule has 0 bridgehead atoms. The van der Waals surface area contributed by atoms with E-state index in [4.69, 9.17) is 0 Å². The topological polar surface area (TPSA) is 97.8 Å². The minimum Gasteiger partial charge on any atom is -0.334 e. The number of Topliss-reactive ketones (excluding diaryl/α,β-unsaturated/α-hetero) is 1. The lowest BCUT2D eigenvalue weighted by Gasteiger charge is -2.25. The first-order chi connectivity index (χ1) is 13.9. The molecule has 0 spiro atoms. The fraction of sp³-hybridized carbons (Fsp3) is 0.150. The maximum atomic E-state index is 12.9. The van der Waals surface area contributed by atoms with Gasteiger partial charge in [-0.15, -0.1) is 0 Å². The minimum absolute atomic E-state index is 0.0250. The highest BCUT2D eigenvalue weighted by Gasteiger charge is 2.17. The molecule has 0 amide bonds. The van der Waals surface area contributed by atoms with E-state index in [0.717, 1.165) is 5.69 Å². The van der Waals surface area contributed by atoms with Crippen LogP contribution in [-0.2, 0) is 6.67 Å². The van der Waals surface area contributed by atoms with Gasteiger partial charge in [-0.25, -0.2) is 4.99 Å². The number of rotatable bonds is 4. The second-order valence-electron chi connectivity index (χ2n) is 6.57. The molecule has 0 atom stereocenters. The quantitative estimate of drug-likeness (QED) is 0.373.